The quantitative estimate of drug-likeness (QED) is 0.209. The van der Waals surface area contributed by atoms with E-state index in [2.05, 4.69) is 31.7 Å². The van der Waals surface area contributed by atoms with Crippen LogP contribution in [0.4, 0.5) is 11.4 Å². The average molecular weight is 565 g/mol. The molecule has 0 aromatic heterocycles. The Labute approximate surface area is 243 Å². The zero-order valence-electron chi connectivity index (χ0n) is 23.4. The van der Waals surface area contributed by atoms with Crippen LogP contribution in [0.25, 0.3) is 0 Å². The smallest absolute Gasteiger partial charge is 0.271 e. The highest BCUT2D eigenvalue weighted by Crippen LogP contribution is 2.31. The molecule has 10 heteroatoms. The van der Waals surface area contributed by atoms with Gasteiger partial charge in [0.05, 0.1) is 11.4 Å². The van der Waals surface area contributed by atoms with Gasteiger partial charge >= 0.3 is 0 Å². The molecule has 2 aliphatic carbocycles. The van der Waals surface area contributed by atoms with Crippen LogP contribution in [0.2, 0.25) is 0 Å². The number of hydrogen-bond acceptors (Lipinski definition) is 6. The third-order valence-electron chi connectivity index (χ3n) is 7.05. The van der Waals surface area contributed by atoms with Gasteiger partial charge in [0.25, 0.3) is 11.8 Å². The highest BCUT2D eigenvalue weighted by atomic mass is 16.2. The van der Waals surface area contributed by atoms with Crippen molar-refractivity contribution in [3.8, 4) is 0 Å². The predicted octanol–water partition coefficient (Wildman–Crippen LogP) is 4.69. The van der Waals surface area contributed by atoms with Gasteiger partial charge < -0.3 is 10.6 Å². The molecule has 0 bridgehead atoms. The molecule has 4 N–H and O–H groups in total. The summed E-state index contributed by atoms with van der Waals surface area (Å²) in [5, 5.41) is 14.2. The number of carbonyl (C=O) groups is 4. The first-order valence-corrected chi connectivity index (χ1v) is 13.9. The second-order valence-corrected chi connectivity index (χ2v) is 10.5. The molecule has 0 unspecified atom stereocenters. The van der Waals surface area contributed by atoms with Gasteiger partial charge in [-0.3, -0.25) is 19.2 Å². The van der Waals surface area contributed by atoms with Crippen molar-refractivity contribution in [1.29, 1.82) is 0 Å². The third-order valence-corrected chi connectivity index (χ3v) is 7.05. The summed E-state index contributed by atoms with van der Waals surface area (Å²) in [7, 11) is 0. The van der Waals surface area contributed by atoms with Gasteiger partial charge in [-0.2, -0.15) is 10.2 Å². The second-order valence-electron chi connectivity index (χ2n) is 10.5. The summed E-state index contributed by atoms with van der Waals surface area (Å²) in [4.78, 5) is 49.4. The van der Waals surface area contributed by atoms with Crippen LogP contribution in [0.1, 0.15) is 71.4 Å². The van der Waals surface area contributed by atoms with Gasteiger partial charge in [0.2, 0.25) is 11.8 Å². The van der Waals surface area contributed by atoms with Crippen molar-refractivity contribution in [1.82, 2.24) is 10.9 Å². The van der Waals surface area contributed by atoms with Crippen LogP contribution in [-0.2, 0) is 9.59 Å². The van der Waals surface area contributed by atoms with E-state index in [1.54, 1.807) is 13.8 Å². The minimum atomic E-state index is -0.429. The Bertz CT molecular complexity index is 1470. The first kappa shape index (κ1) is 28.4. The molecule has 2 saturated carbocycles. The van der Waals surface area contributed by atoms with Gasteiger partial charge in [0.1, 0.15) is 0 Å². The molecule has 0 atom stereocenters. The fraction of sp³-hybridized carbons (Fsp3) is 0.250. The van der Waals surface area contributed by atoms with E-state index in [9.17, 15) is 19.2 Å². The Morgan fingerprint density at radius 2 is 0.952 bits per heavy atom. The highest BCUT2D eigenvalue weighted by Gasteiger charge is 2.30. The maximum atomic E-state index is 12.6. The fourth-order valence-corrected chi connectivity index (χ4v) is 4.12. The van der Waals surface area contributed by atoms with Gasteiger partial charge in [-0.15, -0.1) is 0 Å². The topological polar surface area (TPSA) is 141 Å². The summed E-state index contributed by atoms with van der Waals surface area (Å²) in [6, 6.07) is 20.7. The third kappa shape index (κ3) is 7.54. The lowest BCUT2D eigenvalue weighted by Crippen LogP contribution is -2.21. The molecule has 2 aliphatic rings. The van der Waals surface area contributed by atoms with Gasteiger partial charge in [-0.25, -0.2) is 10.9 Å². The van der Waals surface area contributed by atoms with E-state index < -0.39 is 11.8 Å². The molecule has 4 amide bonds. The Morgan fingerprint density at radius 1 is 0.571 bits per heavy atom. The molecule has 0 aliphatic heterocycles. The van der Waals surface area contributed by atoms with Gasteiger partial charge in [0, 0.05) is 34.3 Å². The predicted molar refractivity (Wildman–Crippen MR) is 161 cm³/mol. The van der Waals surface area contributed by atoms with Crippen LogP contribution in [0, 0.1) is 11.8 Å². The highest BCUT2D eigenvalue weighted by molar-refractivity contribution is 6.04. The molecule has 10 nitrogen and oxygen atoms in total. The molecule has 5 rings (SSSR count). The minimum absolute atomic E-state index is 0.0228. The van der Waals surface area contributed by atoms with E-state index in [1.807, 2.05) is 48.5 Å². The van der Waals surface area contributed by atoms with Crippen LogP contribution in [0.3, 0.4) is 0 Å². The monoisotopic (exact) mass is 564 g/mol. The number of rotatable bonds is 10. The van der Waals surface area contributed by atoms with Gasteiger partial charge in [0.15, 0.2) is 0 Å². The molecular formula is C32H32N6O4. The van der Waals surface area contributed by atoms with Crippen LogP contribution in [0.5, 0.6) is 0 Å². The first-order valence-electron chi connectivity index (χ1n) is 13.9. The summed E-state index contributed by atoms with van der Waals surface area (Å²) < 4.78 is 0. The Hall–Kier alpha value is -5.12. The molecule has 0 heterocycles. The number of benzene rings is 3. The van der Waals surface area contributed by atoms with Crippen molar-refractivity contribution in [2.45, 2.75) is 39.5 Å². The minimum Gasteiger partial charge on any atom is -0.326 e. The lowest BCUT2D eigenvalue weighted by Gasteiger charge is -2.08. The standard InChI is InChI=1S/C32H32N6O4/c1-19(25-5-3-7-27(17-25)33-29(39)21-9-10-21)35-37-31(41)23-13-15-24(16-14-23)32(42)38-36-20(2)26-6-4-8-28(18-26)34-30(40)22-11-12-22/h3-8,13-18,21-22H,9-12H2,1-2H3,(H,33,39)(H,34,40)(H,37,41)(H,38,42). The summed E-state index contributed by atoms with van der Waals surface area (Å²) in [5.74, 6) is -0.603. The Balaban J connectivity index is 1.14. The Kier molecular flexibility index (Phi) is 8.52. The number of hydrogen-bond donors (Lipinski definition) is 4. The zero-order chi connectivity index (χ0) is 29.6. The molecule has 214 valence electrons. The van der Waals surface area contributed by atoms with Crippen molar-refractivity contribution < 1.29 is 19.2 Å². The molecule has 3 aromatic carbocycles. The van der Waals surface area contributed by atoms with Crippen LogP contribution < -0.4 is 21.5 Å². The summed E-state index contributed by atoms with van der Waals surface area (Å²) in [5.41, 5.74) is 9.78. The molecule has 2 fully saturated rings. The van der Waals surface area contributed by atoms with Crippen molar-refractivity contribution in [2.75, 3.05) is 10.6 Å². The summed E-state index contributed by atoms with van der Waals surface area (Å²) in [6.07, 6.45) is 3.70. The zero-order valence-corrected chi connectivity index (χ0v) is 23.4. The van der Waals surface area contributed by atoms with E-state index in [0.29, 0.717) is 33.9 Å². The van der Waals surface area contributed by atoms with Crippen molar-refractivity contribution in [2.24, 2.45) is 22.0 Å². The van der Waals surface area contributed by atoms with Gasteiger partial charge in [-0.05, 0) is 99.2 Å². The molecule has 0 spiro atoms. The van der Waals surface area contributed by atoms with Crippen molar-refractivity contribution in [3.63, 3.8) is 0 Å². The van der Waals surface area contributed by atoms with Crippen LogP contribution >= 0.6 is 0 Å². The number of anilines is 2. The SMILES string of the molecule is CC(=NNC(=O)c1ccc(C(=O)NN=C(C)c2cccc(NC(=O)C3CC3)c2)cc1)c1cccc(NC(=O)C2CC2)c1. The molecule has 0 saturated heterocycles. The lowest BCUT2D eigenvalue weighted by molar-refractivity contribution is -0.118. The molecule has 0 radical (unpaired) electrons. The fourth-order valence-electron chi connectivity index (χ4n) is 4.12. The number of hydrazone groups is 2. The van der Waals surface area contributed by atoms with Crippen molar-refractivity contribution >= 4 is 46.4 Å². The van der Waals surface area contributed by atoms with E-state index >= 15 is 0 Å². The Morgan fingerprint density at radius 3 is 1.31 bits per heavy atom. The number of nitrogens with zero attached hydrogens (tertiary/aromatic N) is 2. The van der Waals surface area contributed by atoms with Crippen LogP contribution in [0.15, 0.2) is 83.0 Å². The number of amides is 4. The molecule has 42 heavy (non-hydrogen) atoms. The second kappa shape index (κ2) is 12.6. The largest absolute Gasteiger partial charge is 0.326 e. The maximum Gasteiger partial charge on any atom is 0.271 e. The normalized spacial score (nSPS) is 15.0. The van der Waals surface area contributed by atoms with E-state index in [1.165, 1.54) is 24.3 Å². The molecular weight excluding hydrogens is 532 g/mol. The lowest BCUT2D eigenvalue weighted by atomic mass is 10.1. The van der Waals surface area contributed by atoms with E-state index in [4.69, 9.17) is 0 Å². The van der Waals surface area contributed by atoms with Crippen LogP contribution in [-0.4, -0.2) is 35.1 Å². The maximum absolute atomic E-state index is 12.6. The van der Waals surface area contributed by atoms with E-state index in [0.717, 1.165) is 36.8 Å². The summed E-state index contributed by atoms with van der Waals surface area (Å²) in [6.45, 7) is 3.52. The number of nitrogens with one attached hydrogen (secondary N) is 4. The average Bonchev–Trinajstić information content (AvgIpc) is 3.92. The van der Waals surface area contributed by atoms with E-state index in [-0.39, 0.29) is 23.7 Å². The summed E-state index contributed by atoms with van der Waals surface area (Å²) >= 11 is 0. The molecule has 3 aromatic rings. The first-order chi connectivity index (χ1) is 20.3. The van der Waals surface area contributed by atoms with Crippen molar-refractivity contribution in [3.05, 3.63) is 95.1 Å². The van der Waals surface area contributed by atoms with Gasteiger partial charge in [-0.1, -0.05) is 24.3 Å². The number of carbonyl (C=O) groups excluding carboxylic acids is 4.